The highest BCUT2D eigenvalue weighted by atomic mass is 32.2. The molecule has 1 unspecified atom stereocenters. The minimum atomic E-state index is -1.13. The van der Waals surface area contributed by atoms with Gasteiger partial charge in [-0.3, -0.25) is 4.21 Å². The van der Waals surface area contributed by atoms with E-state index < -0.39 is 10.8 Å². The molecule has 1 atom stereocenters. The van der Waals surface area contributed by atoms with Crippen molar-refractivity contribution in [2.24, 2.45) is 0 Å². The predicted octanol–water partition coefficient (Wildman–Crippen LogP) is 4.66. The van der Waals surface area contributed by atoms with E-state index in [-0.39, 0.29) is 6.61 Å². The largest absolute Gasteiger partial charge is 0.396 e. The van der Waals surface area contributed by atoms with Crippen molar-refractivity contribution in [3.05, 3.63) is 47.5 Å². The second kappa shape index (κ2) is 10.6. The SMILES string of the molecule is CCCCS(=O)c1sc2nc(-c3nccs3)cc(-c3ccc(CNCCO)cc3)c2c1N. The maximum Gasteiger partial charge on any atom is 0.141 e. The number of anilines is 1. The number of benzene rings is 1. The molecular weight excluding hydrogens is 460 g/mol. The fourth-order valence-corrected chi connectivity index (χ4v) is 6.83. The molecule has 4 N–H and O–H groups in total. The number of thiazole rings is 1. The maximum absolute atomic E-state index is 12.9. The zero-order valence-corrected chi connectivity index (χ0v) is 20.3. The quantitative estimate of drug-likeness (QED) is 0.282. The van der Waals surface area contributed by atoms with E-state index in [0.29, 0.717) is 28.7 Å². The number of nitrogens with one attached hydrogen (secondary N) is 1. The topological polar surface area (TPSA) is 101 Å². The number of fused-ring (bicyclic) bond motifs is 1. The van der Waals surface area contributed by atoms with Gasteiger partial charge in [0.1, 0.15) is 19.7 Å². The molecule has 0 saturated carbocycles. The third-order valence-corrected chi connectivity index (χ3v) is 8.88. The lowest BCUT2D eigenvalue weighted by molar-refractivity contribution is 0.292. The Morgan fingerprint density at radius 1 is 1.25 bits per heavy atom. The van der Waals surface area contributed by atoms with Crippen LogP contribution in [0.2, 0.25) is 0 Å². The van der Waals surface area contributed by atoms with Crippen molar-refractivity contribution in [1.29, 1.82) is 0 Å². The third-order valence-electron chi connectivity index (χ3n) is 5.09. The summed E-state index contributed by atoms with van der Waals surface area (Å²) in [5, 5.41) is 15.8. The number of thiophene rings is 1. The standard InChI is InChI=1S/C23H26N4O2S3/c1-2-3-12-32(29)23-20(24)19-17(16-6-4-15(5-7-16)14-25-8-10-28)13-18(27-22(19)31-23)21-26-9-11-30-21/h4-7,9,11,13,25,28H,2-3,8,10,12,14,24H2,1H3. The normalized spacial score (nSPS) is 12.4. The lowest BCUT2D eigenvalue weighted by atomic mass is 10.0. The molecule has 3 heterocycles. The number of pyridine rings is 1. The van der Waals surface area contributed by atoms with Gasteiger partial charge in [-0.1, -0.05) is 37.6 Å². The van der Waals surface area contributed by atoms with Gasteiger partial charge in [-0.15, -0.1) is 22.7 Å². The highest BCUT2D eigenvalue weighted by molar-refractivity contribution is 7.87. The summed E-state index contributed by atoms with van der Waals surface area (Å²) in [6.07, 6.45) is 3.66. The van der Waals surface area contributed by atoms with Crippen LogP contribution in [-0.4, -0.2) is 38.2 Å². The number of unbranched alkanes of at least 4 members (excludes halogenated alkanes) is 1. The summed E-state index contributed by atoms with van der Waals surface area (Å²) in [7, 11) is -1.13. The number of nitrogens with zero attached hydrogens (tertiary/aromatic N) is 2. The van der Waals surface area contributed by atoms with Crippen molar-refractivity contribution in [2.75, 3.05) is 24.6 Å². The number of hydrogen-bond donors (Lipinski definition) is 3. The van der Waals surface area contributed by atoms with Gasteiger partial charge in [0, 0.05) is 35.8 Å². The number of aromatic nitrogens is 2. The highest BCUT2D eigenvalue weighted by Gasteiger charge is 2.21. The van der Waals surface area contributed by atoms with Gasteiger partial charge >= 0.3 is 0 Å². The Morgan fingerprint density at radius 3 is 2.75 bits per heavy atom. The fourth-order valence-electron chi connectivity index (χ4n) is 3.44. The minimum Gasteiger partial charge on any atom is -0.396 e. The van der Waals surface area contributed by atoms with Gasteiger partial charge in [-0.25, -0.2) is 9.97 Å². The van der Waals surface area contributed by atoms with E-state index >= 15 is 0 Å². The molecule has 0 radical (unpaired) electrons. The molecule has 9 heteroatoms. The molecule has 4 aromatic rings. The van der Waals surface area contributed by atoms with E-state index in [1.807, 2.05) is 11.4 Å². The molecule has 168 valence electrons. The van der Waals surface area contributed by atoms with Crippen molar-refractivity contribution < 1.29 is 9.32 Å². The third kappa shape index (κ3) is 4.92. The van der Waals surface area contributed by atoms with E-state index in [0.717, 1.165) is 50.5 Å². The summed E-state index contributed by atoms with van der Waals surface area (Å²) in [5.41, 5.74) is 11.1. The molecule has 4 rings (SSSR count). The lowest BCUT2D eigenvalue weighted by Crippen LogP contribution is -2.17. The molecule has 0 aliphatic heterocycles. The maximum atomic E-state index is 12.9. The zero-order valence-electron chi connectivity index (χ0n) is 17.8. The average molecular weight is 487 g/mol. The number of aliphatic hydroxyl groups is 1. The molecule has 6 nitrogen and oxygen atoms in total. The Balaban J connectivity index is 1.80. The molecule has 1 aromatic carbocycles. The smallest absolute Gasteiger partial charge is 0.141 e. The van der Waals surface area contributed by atoms with E-state index in [4.69, 9.17) is 15.8 Å². The summed E-state index contributed by atoms with van der Waals surface area (Å²) in [4.78, 5) is 10.1. The summed E-state index contributed by atoms with van der Waals surface area (Å²) >= 11 is 2.97. The van der Waals surface area contributed by atoms with Gasteiger partial charge in [0.15, 0.2) is 0 Å². The Hall–Kier alpha value is -2.17. The number of rotatable bonds is 10. The molecule has 0 aliphatic carbocycles. The average Bonchev–Trinajstić information content (AvgIpc) is 3.46. The van der Waals surface area contributed by atoms with Gasteiger partial charge in [0.25, 0.3) is 0 Å². The van der Waals surface area contributed by atoms with E-state index in [2.05, 4.69) is 41.5 Å². The molecule has 3 aromatic heterocycles. The number of aliphatic hydroxyl groups excluding tert-OH is 1. The Bertz CT molecular complexity index is 1200. The number of nitrogens with two attached hydrogens (primary N) is 1. The molecule has 0 saturated heterocycles. The minimum absolute atomic E-state index is 0.117. The van der Waals surface area contributed by atoms with Crippen LogP contribution < -0.4 is 11.1 Å². The fraction of sp³-hybridized carbons (Fsp3) is 0.304. The number of hydrogen-bond acceptors (Lipinski definition) is 8. The first-order chi connectivity index (χ1) is 15.6. The molecule has 0 spiro atoms. The van der Waals surface area contributed by atoms with Crippen LogP contribution >= 0.6 is 22.7 Å². The Labute approximate surface area is 198 Å². The second-order valence-electron chi connectivity index (χ2n) is 7.38. The van der Waals surface area contributed by atoms with E-state index in [1.54, 1.807) is 17.5 Å². The second-order valence-corrected chi connectivity index (χ2v) is 11.0. The summed E-state index contributed by atoms with van der Waals surface area (Å²) in [6.45, 7) is 3.46. The van der Waals surface area contributed by atoms with Crippen LogP contribution in [0.1, 0.15) is 25.3 Å². The monoisotopic (exact) mass is 486 g/mol. The molecule has 0 aliphatic rings. The predicted molar refractivity (Wildman–Crippen MR) is 136 cm³/mol. The van der Waals surface area contributed by atoms with Crippen LogP contribution in [-0.2, 0) is 17.3 Å². The van der Waals surface area contributed by atoms with Crippen molar-refractivity contribution in [3.8, 4) is 21.8 Å². The first kappa shape index (κ1) is 23.0. The van der Waals surface area contributed by atoms with Crippen LogP contribution in [0.5, 0.6) is 0 Å². The van der Waals surface area contributed by atoms with Crippen molar-refractivity contribution in [3.63, 3.8) is 0 Å². The Morgan fingerprint density at radius 2 is 2.06 bits per heavy atom. The van der Waals surface area contributed by atoms with Crippen molar-refractivity contribution in [1.82, 2.24) is 15.3 Å². The van der Waals surface area contributed by atoms with Crippen molar-refractivity contribution in [2.45, 2.75) is 30.5 Å². The van der Waals surface area contributed by atoms with E-state index in [9.17, 15) is 4.21 Å². The summed E-state index contributed by atoms with van der Waals surface area (Å²) < 4.78 is 13.6. The lowest BCUT2D eigenvalue weighted by Gasteiger charge is -2.09. The van der Waals surface area contributed by atoms with E-state index in [1.165, 1.54) is 11.3 Å². The Kier molecular flexibility index (Phi) is 7.64. The van der Waals surface area contributed by atoms with Crippen LogP contribution in [0.25, 0.3) is 32.0 Å². The van der Waals surface area contributed by atoms with Crippen LogP contribution in [0.15, 0.2) is 46.1 Å². The van der Waals surface area contributed by atoms with Crippen LogP contribution in [0, 0.1) is 0 Å². The summed E-state index contributed by atoms with van der Waals surface area (Å²) in [5.74, 6) is 0.609. The highest BCUT2D eigenvalue weighted by Crippen LogP contribution is 2.43. The molecular formula is C23H26N4O2S3. The molecule has 32 heavy (non-hydrogen) atoms. The molecule has 0 fully saturated rings. The number of nitrogen functional groups attached to an aromatic ring is 1. The van der Waals surface area contributed by atoms with Crippen molar-refractivity contribution >= 4 is 49.4 Å². The first-order valence-electron chi connectivity index (χ1n) is 10.5. The van der Waals surface area contributed by atoms with Crippen LogP contribution in [0.3, 0.4) is 0 Å². The van der Waals surface area contributed by atoms with Gasteiger partial charge in [-0.2, -0.15) is 0 Å². The van der Waals surface area contributed by atoms with Gasteiger partial charge < -0.3 is 16.2 Å². The summed E-state index contributed by atoms with van der Waals surface area (Å²) in [6, 6.07) is 10.3. The molecule has 0 bridgehead atoms. The van der Waals surface area contributed by atoms with Crippen LogP contribution in [0.4, 0.5) is 5.69 Å². The molecule has 0 amide bonds. The van der Waals surface area contributed by atoms with Gasteiger partial charge in [-0.05, 0) is 29.2 Å². The zero-order chi connectivity index (χ0) is 22.5. The first-order valence-corrected chi connectivity index (χ1v) is 13.6. The van der Waals surface area contributed by atoms with Gasteiger partial charge in [0.05, 0.1) is 23.1 Å². The van der Waals surface area contributed by atoms with Gasteiger partial charge in [0.2, 0.25) is 0 Å².